The van der Waals surface area contributed by atoms with Crippen LogP contribution < -0.4 is 4.90 Å². The van der Waals surface area contributed by atoms with E-state index in [9.17, 15) is 14.4 Å². The van der Waals surface area contributed by atoms with E-state index in [4.69, 9.17) is 16.3 Å². The van der Waals surface area contributed by atoms with E-state index in [0.29, 0.717) is 24.5 Å². The Bertz CT molecular complexity index is 954. The number of pyridine rings is 1. The maximum absolute atomic E-state index is 13.8. The lowest BCUT2D eigenvalue weighted by molar-refractivity contribution is 0.0230. The molecule has 2 aromatic rings. The fourth-order valence-corrected chi connectivity index (χ4v) is 3.44. The molecule has 1 fully saturated rings. The number of ether oxygens (including phenoxy) is 1. The highest BCUT2D eigenvalue weighted by atomic mass is 35.5. The van der Waals surface area contributed by atoms with Crippen LogP contribution in [-0.4, -0.2) is 34.3 Å². The van der Waals surface area contributed by atoms with Gasteiger partial charge in [0.1, 0.15) is 35.2 Å². The van der Waals surface area contributed by atoms with Crippen LogP contribution in [0.25, 0.3) is 0 Å². The molecular formula is C21H22ClFN4O2. The zero-order valence-corrected chi connectivity index (χ0v) is 17.3. The first kappa shape index (κ1) is 20.9. The van der Waals surface area contributed by atoms with Gasteiger partial charge in [-0.1, -0.05) is 17.7 Å². The average Bonchev–Trinajstić information content (AvgIpc) is 3.13. The second-order valence-electron chi connectivity index (χ2n) is 7.76. The van der Waals surface area contributed by atoms with Gasteiger partial charge >= 0.3 is 6.09 Å². The summed E-state index contributed by atoms with van der Waals surface area (Å²) >= 11 is 6.02. The van der Waals surface area contributed by atoms with Crippen LogP contribution in [0.2, 0.25) is 5.02 Å². The van der Waals surface area contributed by atoms with Crippen molar-refractivity contribution in [1.29, 1.82) is 5.26 Å². The van der Waals surface area contributed by atoms with E-state index in [-0.39, 0.29) is 10.7 Å². The molecule has 0 spiro atoms. The number of hydrogen-bond donors (Lipinski definition) is 0. The monoisotopic (exact) mass is 416 g/mol. The van der Waals surface area contributed by atoms with Gasteiger partial charge in [0.25, 0.3) is 0 Å². The molecule has 1 saturated heterocycles. The molecule has 0 saturated carbocycles. The van der Waals surface area contributed by atoms with Crippen LogP contribution in [0.4, 0.5) is 20.7 Å². The SMILES string of the molecule is CC(C)(C)OC(=O)N1CCC[C@H]1N(c1ccc(F)c(Cl)c1)c1cccc(C#N)n1. The van der Waals surface area contributed by atoms with Crippen molar-refractivity contribution in [3.63, 3.8) is 0 Å². The number of likely N-dealkylation sites (tertiary alicyclic amines) is 1. The lowest BCUT2D eigenvalue weighted by Gasteiger charge is -2.36. The number of carbonyl (C=O) groups is 1. The highest BCUT2D eigenvalue weighted by Gasteiger charge is 2.37. The van der Waals surface area contributed by atoms with Crippen LogP contribution in [0.15, 0.2) is 36.4 Å². The third-order valence-corrected chi connectivity index (χ3v) is 4.71. The van der Waals surface area contributed by atoms with Crippen LogP contribution >= 0.6 is 11.6 Å². The molecular weight excluding hydrogens is 395 g/mol. The molecule has 0 bridgehead atoms. The van der Waals surface area contributed by atoms with E-state index in [1.807, 2.05) is 26.8 Å². The summed E-state index contributed by atoms with van der Waals surface area (Å²) in [6.07, 6.45) is 0.586. The lowest BCUT2D eigenvalue weighted by atomic mass is 10.2. The van der Waals surface area contributed by atoms with Crippen molar-refractivity contribution >= 4 is 29.2 Å². The highest BCUT2D eigenvalue weighted by molar-refractivity contribution is 6.31. The predicted octanol–water partition coefficient (Wildman–Crippen LogP) is 5.24. The Morgan fingerprint density at radius 3 is 2.79 bits per heavy atom. The topological polar surface area (TPSA) is 69.5 Å². The predicted molar refractivity (Wildman–Crippen MR) is 108 cm³/mol. The molecule has 6 nitrogen and oxygen atoms in total. The smallest absolute Gasteiger partial charge is 0.411 e. The first-order valence-corrected chi connectivity index (χ1v) is 9.68. The van der Waals surface area contributed by atoms with Gasteiger partial charge in [0.2, 0.25) is 0 Å². The third kappa shape index (κ3) is 4.77. The maximum atomic E-state index is 13.8. The number of hydrogen-bond acceptors (Lipinski definition) is 5. The number of benzene rings is 1. The van der Waals surface area contributed by atoms with Crippen LogP contribution in [0.3, 0.4) is 0 Å². The zero-order valence-electron chi connectivity index (χ0n) is 16.5. The fraction of sp³-hybridized carbons (Fsp3) is 0.381. The Balaban J connectivity index is 2.05. The standard InChI is InChI=1S/C21H22ClFN4O2/c1-21(2,3)29-20(28)26-11-5-8-19(26)27(15-9-10-17(23)16(22)12-15)18-7-4-6-14(13-24)25-18/h4,6-7,9-10,12,19H,5,8,11H2,1-3H3/t19-/m1/s1. The Morgan fingerprint density at radius 2 is 2.14 bits per heavy atom. The molecule has 152 valence electrons. The Kier molecular flexibility index (Phi) is 5.94. The summed E-state index contributed by atoms with van der Waals surface area (Å²) < 4.78 is 19.3. The van der Waals surface area contributed by atoms with E-state index in [1.54, 1.807) is 34.1 Å². The Hall–Kier alpha value is -2.85. The molecule has 2 heterocycles. The molecule has 1 aromatic carbocycles. The maximum Gasteiger partial charge on any atom is 0.411 e. The van der Waals surface area contributed by atoms with Crippen LogP contribution in [0.5, 0.6) is 0 Å². The van der Waals surface area contributed by atoms with E-state index in [0.717, 1.165) is 6.42 Å². The Labute approximate surface area is 174 Å². The quantitative estimate of drug-likeness (QED) is 0.684. The van der Waals surface area contributed by atoms with Crippen molar-refractivity contribution in [3.05, 3.63) is 52.9 Å². The summed E-state index contributed by atoms with van der Waals surface area (Å²) in [6, 6.07) is 11.4. The molecule has 1 atom stereocenters. The fourth-order valence-electron chi connectivity index (χ4n) is 3.26. The molecule has 1 aliphatic rings. The van der Waals surface area contributed by atoms with Crippen LogP contribution in [0, 0.1) is 17.1 Å². The number of anilines is 2. The normalized spacial score (nSPS) is 16.4. The molecule has 8 heteroatoms. The molecule has 0 radical (unpaired) electrons. The second kappa shape index (κ2) is 8.26. The molecule has 1 aromatic heterocycles. The summed E-state index contributed by atoms with van der Waals surface area (Å²) in [7, 11) is 0. The minimum Gasteiger partial charge on any atom is -0.444 e. The van der Waals surface area contributed by atoms with Gasteiger partial charge in [-0.05, 0) is 63.9 Å². The summed E-state index contributed by atoms with van der Waals surface area (Å²) in [5, 5.41) is 9.21. The van der Waals surface area contributed by atoms with E-state index >= 15 is 0 Å². The second-order valence-corrected chi connectivity index (χ2v) is 8.17. The molecule has 3 rings (SSSR count). The van der Waals surface area contributed by atoms with Gasteiger partial charge in [-0.15, -0.1) is 0 Å². The minimum absolute atomic E-state index is 0.0363. The van der Waals surface area contributed by atoms with Gasteiger partial charge in [-0.25, -0.2) is 14.2 Å². The first-order chi connectivity index (χ1) is 13.7. The molecule has 29 heavy (non-hydrogen) atoms. The number of amides is 1. The number of nitriles is 1. The summed E-state index contributed by atoms with van der Waals surface area (Å²) in [5.74, 6) is -0.0725. The van der Waals surface area contributed by atoms with Crippen molar-refractivity contribution < 1.29 is 13.9 Å². The average molecular weight is 417 g/mol. The molecule has 1 amide bonds. The van der Waals surface area contributed by atoms with Crippen molar-refractivity contribution in [2.24, 2.45) is 0 Å². The summed E-state index contributed by atoms with van der Waals surface area (Å²) in [4.78, 5) is 20.6. The van der Waals surface area contributed by atoms with Gasteiger partial charge in [-0.2, -0.15) is 5.26 Å². The largest absolute Gasteiger partial charge is 0.444 e. The van der Waals surface area contributed by atoms with Gasteiger partial charge in [0.15, 0.2) is 0 Å². The summed E-state index contributed by atoms with van der Waals surface area (Å²) in [6.45, 7) is 5.95. The summed E-state index contributed by atoms with van der Waals surface area (Å²) in [5.41, 5.74) is 0.176. The van der Waals surface area contributed by atoms with Gasteiger partial charge in [-0.3, -0.25) is 4.90 Å². The Morgan fingerprint density at radius 1 is 1.38 bits per heavy atom. The number of halogens is 2. The lowest BCUT2D eigenvalue weighted by Crippen LogP contribution is -2.47. The third-order valence-electron chi connectivity index (χ3n) is 4.42. The molecule has 0 N–H and O–H groups in total. The first-order valence-electron chi connectivity index (χ1n) is 9.30. The van der Waals surface area contributed by atoms with Crippen molar-refractivity contribution in [1.82, 2.24) is 9.88 Å². The van der Waals surface area contributed by atoms with Gasteiger partial charge < -0.3 is 9.64 Å². The van der Waals surface area contributed by atoms with E-state index < -0.39 is 23.7 Å². The van der Waals surface area contributed by atoms with E-state index in [1.165, 1.54) is 12.1 Å². The van der Waals surface area contributed by atoms with Gasteiger partial charge in [0, 0.05) is 12.2 Å². The van der Waals surface area contributed by atoms with Crippen molar-refractivity contribution in [3.8, 4) is 6.07 Å². The van der Waals surface area contributed by atoms with Crippen molar-refractivity contribution in [2.45, 2.75) is 45.4 Å². The van der Waals surface area contributed by atoms with Gasteiger partial charge in [0.05, 0.1) is 5.02 Å². The number of aromatic nitrogens is 1. The number of rotatable bonds is 3. The van der Waals surface area contributed by atoms with E-state index in [2.05, 4.69) is 4.98 Å². The highest BCUT2D eigenvalue weighted by Crippen LogP contribution is 2.35. The molecule has 0 aliphatic carbocycles. The molecule has 1 aliphatic heterocycles. The number of carbonyl (C=O) groups excluding carboxylic acids is 1. The minimum atomic E-state index is -0.632. The molecule has 0 unspecified atom stereocenters. The van der Waals surface area contributed by atoms with Crippen LogP contribution in [0.1, 0.15) is 39.3 Å². The zero-order chi connectivity index (χ0) is 21.2. The van der Waals surface area contributed by atoms with Crippen molar-refractivity contribution in [2.75, 3.05) is 11.4 Å². The number of nitrogens with zero attached hydrogens (tertiary/aromatic N) is 4. The van der Waals surface area contributed by atoms with Crippen LogP contribution in [-0.2, 0) is 4.74 Å².